The molecule has 1 aliphatic heterocycles. The molecule has 1 saturated heterocycles. The van der Waals surface area contributed by atoms with Gasteiger partial charge in [-0.1, -0.05) is 19.8 Å². The fourth-order valence-corrected chi connectivity index (χ4v) is 2.60. The van der Waals surface area contributed by atoms with Gasteiger partial charge in [0.25, 0.3) is 5.91 Å². The summed E-state index contributed by atoms with van der Waals surface area (Å²) in [5.74, 6) is -2.03. The highest BCUT2D eigenvalue weighted by atomic mass is 16.4. The van der Waals surface area contributed by atoms with E-state index in [1.54, 1.807) is 0 Å². The second-order valence-corrected chi connectivity index (χ2v) is 4.77. The number of rotatable bonds is 5. The van der Waals surface area contributed by atoms with E-state index in [-0.39, 0.29) is 11.8 Å². The van der Waals surface area contributed by atoms with Crippen molar-refractivity contribution in [2.45, 2.75) is 38.1 Å². The van der Waals surface area contributed by atoms with Crippen LogP contribution >= 0.6 is 0 Å². The fraction of sp³-hybridized carbons (Fsp3) is 0.727. The number of urea groups is 1. The number of aliphatic carboxylic acids is 1. The lowest BCUT2D eigenvalue weighted by atomic mass is 9.86. The lowest BCUT2D eigenvalue weighted by Crippen LogP contribution is -2.49. The van der Waals surface area contributed by atoms with E-state index in [2.05, 4.69) is 10.6 Å². The number of nitrogens with one attached hydrogen (secondary N) is 2. The molecule has 0 spiro atoms. The Morgan fingerprint density at radius 2 is 2.24 bits per heavy atom. The molecule has 3 amide bonds. The smallest absolute Gasteiger partial charge is 0.322 e. The number of carbonyl (C=O) groups excluding carboxylic acids is 2. The fourth-order valence-electron chi connectivity index (χ4n) is 2.60. The topological polar surface area (TPSA) is 95.5 Å². The van der Waals surface area contributed by atoms with E-state index in [1.807, 2.05) is 6.92 Å². The second kappa shape index (κ2) is 4.01. The molecule has 6 nitrogen and oxygen atoms in total. The summed E-state index contributed by atoms with van der Waals surface area (Å²) in [6, 6.07) is -0.512. The Morgan fingerprint density at radius 3 is 2.65 bits per heavy atom. The monoisotopic (exact) mass is 240 g/mol. The van der Waals surface area contributed by atoms with Gasteiger partial charge >= 0.3 is 12.0 Å². The molecule has 2 aliphatic rings. The molecule has 0 aromatic carbocycles. The van der Waals surface area contributed by atoms with E-state index in [9.17, 15) is 14.4 Å². The highest BCUT2D eigenvalue weighted by Crippen LogP contribution is 2.49. The van der Waals surface area contributed by atoms with E-state index in [1.165, 1.54) is 0 Å². The van der Waals surface area contributed by atoms with Gasteiger partial charge in [0.15, 0.2) is 0 Å². The molecule has 94 valence electrons. The third kappa shape index (κ3) is 1.87. The van der Waals surface area contributed by atoms with E-state index in [0.29, 0.717) is 12.8 Å². The molecule has 0 aromatic rings. The first-order valence-corrected chi connectivity index (χ1v) is 5.87. The lowest BCUT2D eigenvalue weighted by molar-refractivity contribution is -0.139. The average Bonchev–Trinajstić information content (AvgIpc) is 2.99. The van der Waals surface area contributed by atoms with Crippen molar-refractivity contribution >= 4 is 17.9 Å². The maximum atomic E-state index is 11.9. The number of hydrogen-bond donors (Lipinski definition) is 3. The highest BCUT2D eigenvalue weighted by Gasteiger charge is 2.62. The molecule has 2 fully saturated rings. The van der Waals surface area contributed by atoms with Crippen LogP contribution in [0.4, 0.5) is 4.79 Å². The number of carbonyl (C=O) groups is 3. The van der Waals surface area contributed by atoms with E-state index < -0.39 is 23.5 Å². The van der Waals surface area contributed by atoms with Crippen LogP contribution in [-0.4, -0.2) is 28.6 Å². The second-order valence-electron chi connectivity index (χ2n) is 4.77. The SMILES string of the molecule is CCCCC1([C@H]2C[C@@H]2C(=O)O)NC(=O)NC1=O. The van der Waals surface area contributed by atoms with Gasteiger partial charge < -0.3 is 10.4 Å². The predicted molar refractivity (Wildman–Crippen MR) is 58.2 cm³/mol. The standard InChI is InChI=1S/C11H16N2O4/c1-2-3-4-11(7-5-6(7)8(14)15)9(16)12-10(17)13-11/h6-7H,2-5H2,1H3,(H,14,15)(H2,12,13,16,17)/t6-,7-,11?/m0/s1. The normalized spacial score (nSPS) is 35.4. The summed E-state index contributed by atoms with van der Waals surface area (Å²) >= 11 is 0. The van der Waals surface area contributed by atoms with Gasteiger partial charge in [0.1, 0.15) is 5.54 Å². The molecule has 1 heterocycles. The summed E-state index contributed by atoms with van der Waals surface area (Å²) in [6.45, 7) is 1.99. The Labute approximate surface area is 98.8 Å². The summed E-state index contributed by atoms with van der Waals surface area (Å²) in [6.07, 6.45) is 2.66. The average molecular weight is 240 g/mol. The van der Waals surface area contributed by atoms with Crippen LogP contribution in [0.5, 0.6) is 0 Å². The van der Waals surface area contributed by atoms with Crippen LogP contribution in [0.1, 0.15) is 32.6 Å². The quantitative estimate of drug-likeness (QED) is 0.609. The largest absolute Gasteiger partial charge is 0.481 e. The van der Waals surface area contributed by atoms with Gasteiger partial charge in [-0.05, 0) is 12.8 Å². The summed E-state index contributed by atoms with van der Waals surface area (Å²) in [7, 11) is 0. The maximum absolute atomic E-state index is 11.9. The van der Waals surface area contributed by atoms with Crippen LogP contribution < -0.4 is 10.6 Å². The molecule has 2 rings (SSSR count). The van der Waals surface area contributed by atoms with E-state index in [0.717, 1.165) is 12.8 Å². The molecular weight excluding hydrogens is 224 g/mol. The van der Waals surface area contributed by atoms with Gasteiger partial charge in [-0.15, -0.1) is 0 Å². The molecular formula is C11H16N2O4. The Kier molecular flexibility index (Phi) is 2.81. The molecule has 1 saturated carbocycles. The summed E-state index contributed by atoms with van der Waals surface area (Å²) in [5.41, 5.74) is -0.990. The number of carboxylic acid groups (broad SMARTS) is 1. The van der Waals surface area contributed by atoms with Crippen LogP contribution in [0.25, 0.3) is 0 Å². The molecule has 1 aliphatic carbocycles. The highest BCUT2D eigenvalue weighted by molar-refractivity contribution is 6.07. The third-order valence-electron chi connectivity index (χ3n) is 3.63. The van der Waals surface area contributed by atoms with Crippen molar-refractivity contribution in [1.82, 2.24) is 10.6 Å². The van der Waals surface area contributed by atoms with Gasteiger partial charge in [0, 0.05) is 5.92 Å². The Hall–Kier alpha value is -1.59. The van der Waals surface area contributed by atoms with Crippen molar-refractivity contribution in [2.75, 3.05) is 0 Å². The Bertz CT molecular complexity index is 382. The zero-order valence-electron chi connectivity index (χ0n) is 9.66. The first-order valence-electron chi connectivity index (χ1n) is 5.87. The Morgan fingerprint density at radius 1 is 1.53 bits per heavy atom. The van der Waals surface area contributed by atoms with Gasteiger partial charge in [-0.2, -0.15) is 0 Å². The van der Waals surface area contributed by atoms with Crippen molar-refractivity contribution < 1.29 is 19.5 Å². The molecule has 17 heavy (non-hydrogen) atoms. The van der Waals surface area contributed by atoms with Gasteiger partial charge in [0.2, 0.25) is 0 Å². The molecule has 6 heteroatoms. The van der Waals surface area contributed by atoms with Crippen LogP contribution in [0.2, 0.25) is 0 Å². The first kappa shape index (κ1) is 11.9. The summed E-state index contributed by atoms with van der Waals surface area (Å²) in [4.78, 5) is 34.0. The van der Waals surface area contributed by atoms with Crippen molar-refractivity contribution in [3.05, 3.63) is 0 Å². The van der Waals surface area contributed by atoms with Crippen LogP contribution in [-0.2, 0) is 9.59 Å². The van der Waals surface area contributed by atoms with E-state index in [4.69, 9.17) is 5.11 Å². The Balaban J connectivity index is 2.17. The number of imide groups is 1. The van der Waals surface area contributed by atoms with Crippen molar-refractivity contribution in [3.63, 3.8) is 0 Å². The molecule has 3 atom stereocenters. The van der Waals surface area contributed by atoms with Gasteiger partial charge in [-0.25, -0.2) is 4.79 Å². The van der Waals surface area contributed by atoms with Crippen molar-refractivity contribution in [3.8, 4) is 0 Å². The molecule has 3 N–H and O–H groups in total. The lowest BCUT2D eigenvalue weighted by Gasteiger charge is -2.26. The third-order valence-corrected chi connectivity index (χ3v) is 3.63. The number of amides is 3. The predicted octanol–water partition coefficient (Wildman–Crippen LogP) is 0.476. The molecule has 0 radical (unpaired) electrons. The van der Waals surface area contributed by atoms with Crippen LogP contribution in [0.3, 0.4) is 0 Å². The minimum Gasteiger partial charge on any atom is -0.481 e. The van der Waals surface area contributed by atoms with Gasteiger partial charge in [0.05, 0.1) is 5.92 Å². The maximum Gasteiger partial charge on any atom is 0.322 e. The van der Waals surface area contributed by atoms with Crippen molar-refractivity contribution in [2.24, 2.45) is 11.8 Å². The minimum atomic E-state index is -0.990. The van der Waals surface area contributed by atoms with Crippen molar-refractivity contribution in [1.29, 1.82) is 0 Å². The summed E-state index contributed by atoms with van der Waals surface area (Å²) < 4.78 is 0. The molecule has 0 bridgehead atoms. The zero-order valence-corrected chi connectivity index (χ0v) is 9.66. The van der Waals surface area contributed by atoms with Gasteiger partial charge in [-0.3, -0.25) is 14.9 Å². The zero-order chi connectivity index (χ0) is 12.6. The van der Waals surface area contributed by atoms with Crippen LogP contribution in [0, 0.1) is 11.8 Å². The number of carboxylic acids is 1. The molecule has 1 unspecified atom stereocenters. The first-order chi connectivity index (χ1) is 8.01. The number of unbranched alkanes of at least 4 members (excludes halogenated alkanes) is 1. The summed E-state index contributed by atoms with van der Waals surface area (Å²) in [5, 5.41) is 13.8. The molecule has 0 aromatic heterocycles. The van der Waals surface area contributed by atoms with Crippen LogP contribution in [0.15, 0.2) is 0 Å². The van der Waals surface area contributed by atoms with E-state index >= 15 is 0 Å². The number of hydrogen-bond acceptors (Lipinski definition) is 3. The minimum absolute atomic E-state index is 0.266.